The van der Waals surface area contributed by atoms with Crippen LogP contribution < -0.4 is 4.90 Å². The van der Waals surface area contributed by atoms with Gasteiger partial charge in [0, 0.05) is 35.3 Å². The third kappa shape index (κ3) is 3.28. The van der Waals surface area contributed by atoms with Gasteiger partial charge < -0.3 is 0 Å². The molecular formula is C22H25N3OS. The summed E-state index contributed by atoms with van der Waals surface area (Å²) >= 11 is 1.75. The average molecular weight is 380 g/mol. The van der Waals surface area contributed by atoms with Crippen molar-refractivity contribution in [3.05, 3.63) is 48.5 Å². The molecule has 2 fully saturated rings. The van der Waals surface area contributed by atoms with E-state index < -0.39 is 0 Å². The van der Waals surface area contributed by atoms with Gasteiger partial charge in [-0.25, -0.2) is 0 Å². The van der Waals surface area contributed by atoms with Gasteiger partial charge >= 0.3 is 0 Å². The molecule has 1 atom stereocenters. The second kappa shape index (κ2) is 7.30. The van der Waals surface area contributed by atoms with Gasteiger partial charge in [0.2, 0.25) is 5.91 Å². The molecule has 0 spiro atoms. The first-order chi connectivity index (χ1) is 13.3. The summed E-state index contributed by atoms with van der Waals surface area (Å²) < 4.78 is 0. The van der Waals surface area contributed by atoms with Crippen LogP contribution in [0.4, 0.5) is 11.4 Å². The predicted octanol–water partition coefficient (Wildman–Crippen LogP) is 4.33. The lowest BCUT2D eigenvalue weighted by atomic mass is 10.1. The van der Waals surface area contributed by atoms with Crippen LogP contribution >= 0.6 is 11.8 Å². The first-order valence-electron chi connectivity index (χ1n) is 9.95. The van der Waals surface area contributed by atoms with Gasteiger partial charge in [-0.15, -0.1) is 0 Å². The lowest BCUT2D eigenvalue weighted by Crippen LogP contribution is -2.48. The molecular weight excluding hydrogens is 354 g/mol. The highest BCUT2D eigenvalue weighted by Crippen LogP contribution is 2.48. The van der Waals surface area contributed by atoms with Gasteiger partial charge in [0.05, 0.1) is 18.0 Å². The van der Waals surface area contributed by atoms with Crippen molar-refractivity contribution >= 4 is 29.0 Å². The van der Waals surface area contributed by atoms with Crippen molar-refractivity contribution < 1.29 is 4.79 Å². The number of carbonyl (C=O) groups excluding carboxylic acids is 1. The lowest BCUT2D eigenvalue weighted by Gasteiger charge is -2.38. The molecule has 2 saturated heterocycles. The Bertz CT molecular complexity index is 809. The van der Waals surface area contributed by atoms with Crippen LogP contribution in [-0.4, -0.2) is 48.1 Å². The maximum Gasteiger partial charge on any atom is 0.232 e. The number of fused-ring (bicyclic) bond motifs is 3. The van der Waals surface area contributed by atoms with Gasteiger partial charge in [0.15, 0.2) is 0 Å². The third-order valence-corrected chi connectivity index (χ3v) is 7.11. The monoisotopic (exact) mass is 379 g/mol. The third-order valence-electron chi connectivity index (χ3n) is 5.98. The van der Waals surface area contributed by atoms with Gasteiger partial charge in [0.1, 0.15) is 0 Å². The molecule has 0 aromatic heterocycles. The summed E-state index contributed by atoms with van der Waals surface area (Å²) in [7, 11) is 0. The number of anilines is 2. The molecule has 2 aromatic rings. The Labute approximate surface area is 165 Å². The highest BCUT2D eigenvalue weighted by atomic mass is 32.2. The number of benzene rings is 2. The number of nitrogens with zero attached hydrogens (tertiary/aromatic N) is 3. The molecule has 4 nitrogen and oxygen atoms in total. The van der Waals surface area contributed by atoms with Crippen molar-refractivity contribution in [2.45, 2.75) is 41.5 Å². The molecule has 5 rings (SSSR count). The molecule has 27 heavy (non-hydrogen) atoms. The molecule has 0 saturated carbocycles. The Hall–Kier alpha value is -1.82. The van der Waals surface area contributed by atoms with E-state index in [-0.39, 0.29) is 5.91 Å². The average Bonchev–Trinajstić information content (AvgIpc) is 3.18. The first-order valence-corrected chi connectivity index (χ1v) is 10.8. The zero-order chi connectivity index (χ0) is 18.2. The topological polar surface area (TPSA) is 26.8 Å². The van der Waals surface area contributed by atoms with E-state index >= 15 is 0 Å². The number of carbonyl (C=O) groups is 1. The van der Waals surface area contributed by atoms with E-state index in [1.165, 1.54) is 25.8 Å². The summed E-state index contributed by atoms with van der Waals surface area (Å²) in [6.07, 6.45) is 4.49. The van der Waals surface area contributed by atoms with E-state index in [1.54, 1.807) is 11.8 Å². The van der Waals surface area contributed by atoms with Crippen LogP contribution in [0.1, 0.15) is 25.7 Å². The fourth-order valence-corrected chi connectivity index (χ4v) is 5.65. The maximum atomic E-state index is 13.3. The van der Waals surface area contributed by atoms with E-state index in [4.69, 9.17) is 0 Å². The minimum absolute atomic E-state index is 0.193. The van der Waals surface area contributed by atoms with Gasteiger partial charge in [-0.05, 0) is 50.1 Å². The zero-order valence-electron chi connectivity index (χ0n) is 15.5. The summed E-state index contributed by atoms with van der Waals surface area (Å²) in [5.74, 6) is 0.193. The molecule has 3 aliphatic heterocycles. The molecule has 0 bridgehead atoms. The van der Waals surface area contributed by atoms with Gasteiger partial charge in [0.25, 0.3) is 0 Å². The van der Waals surface area contributed by atoms with Crippen LogP contribution in [0.15, 0.2) is 58.3 Å². The van der Waals surface area contributed by atoms with Crippen molar-refractivity contribution in [1.29, 1.82) is 0 Å². The van der Waals surface area contributed by atoms with E-state index in [9.17, 15) is 4.79 Å². The van der Waals surface area contributed by atoms with Crippen molar-refractivity contribution in [1.82, 2.24) is 9.80 Å². The number of hydrogen-bond donors (Lipinski definition) is 0. The van der Waals surface area contributed by atoms with Crippen LogP contribution in [-0.2, 0) is 4.79 Å². The molecule has 140 valence electrons. The first kappa shape index (κ1) is 17.3. The Kier molecular flexibility index (Phi) is 4.68. The molecule has 0 radical (unpaired) electrons. The van der Waals surface area contributed by atoms with Gasteiger partial charge in [-0.2, -0.15) is 0 Å². The number of hydrogen-bond acceptors (Lipinski definition) is 4. The Morgan fingerprint density at radius 2 is 1.67 bits per heavy atom. The van der Waals surface area contributed by atoms with Crippen LogP contribution in [0.3, 0.4) is 0 Å². The fourth-order valence-electron chi connectivity index (χ4n) is 4.59. The fraction of sp³-hybridized carbons (Fsp3) is 0.409. The summed E-state index contributed by atoms with van der Waals surface area (Å²) in [5, 5.41) is 0. The van der Waals surface area contributed by atoms with Crippen LogP contribution in [0, 0.1) is 0 Å². The highest BCUT2D eigenvalue weighted by molar-refractivity contribution is 7.99. The predicted molar refractivity (Wildman–Crippen MR) is 110 cm³/mol. The minimum Gasteiger partial charge on any atom is -0.290 e. The summed E-state index contributed by atoms with van der Waals surface area (Å²) in [5.41, 5.74) is 2.04. The maximum absolute atomic E-state index is 13.3. The molecule has 3 heterocycles. The van der Waals surface area contributed by atoms with Crippen molar-refractivity contribution in [2.75, 3.05) is 31.2 Å². The van der Waals surface area contributed by atoms with E-state index in [1.807, 2.05) is 29.2 Å². The minimum atomic E-state index is 0.193. The SMILES string of the molecule is O=C(CCN1CCC2CCCN2C1)N1c2ccccc2Sc2ccccc21. The van der Waals surface area contributed by atoms with Crippen molar-refractivity contribution in [2.24, 2.45) is 0 Å². The lowest BCUT2D eigenvalue weighted by molar-refractivity contribution is -0.118. The summed E-state index contributed by atoms with van der Waals surface area (Å²) in [6, 6.07) is 17.2. The van der Waals surface area contributed by atoms with E-state index in [0.717, 1.165) is 47.0 Å². The van der Waals surface area contributed by atoms with Crippen molar-refractivity contribution in [3.63, 3.8) is 0 Å². The van der Waals surface area contributed by atoms with Crippen LogP contribution in [0.5, 0.6) is 0 Å². The number of para-hydroxylation sites is 2. The van der Waals surface area contributed by atoms with E-state index in [0.29, 0.717) is 6.42 Å². The van der Waals surface area contributed by atoms with Crippen LogP contribution in [0.2, 0.25) is 0 Å². The quantitative estimate of drug-likeness (QED) is 0.793. The second-order valence-corrected chi connectivity index (χ2v) is 8.76. The van der Waals surface area contributed by atoms with Crippen molar-refractivity contribution in [3.8, 4) is 0 Å². The van der Waals surface area contributed by atoms with Gasteiger partial charge in [-0.3, -0.25) is 19.5 Å². The number of amides is 1. The molecule has 1 amide bonds. The highest BCUT2D eigenvalue weighted by Gasteiger charge is 2.31. The van der Waals surface area contributed by atoms with E-state index in [2.05, 4.69) is 34.1 Å². The normalized spacial score (nSPS) is 22.2. The Morgan fingerprint density at radius 1 is 0.963 bits per heavy atom. The number of rotatable bonds is 3. The van der Waals surface area contributed by atoms with Gasteiger partial charge in [-0.1, -0.05) is 36.0 Å². The molecule has 5 heteroatoms. The standard InChI is InChI=1S/C22H25N3OS/c26-22(12-15-23-14-11-17-6-5-13-24(17)16-23)25-18-7-1-3-9-20(18)27-21-10-4-2-8-19(21)25/h1-4,7-10,17H,5-6,11-16H2. The Balaban J connectivity index is 1.33. The molecule has 0 aliphatic carbocycles. The molecule has 0 N–H and O–H groups in total. The Morgan fingerprint density at radius 3 is 2.41 bits per heavy atom. The molecule has 1 unspecified atom stereocenters. The zero-order valence-corrected chi connectivity index (χ0v) is 16.3. The van der Waals surface area contributed by atoms with Crippen LogP contribution in [0.25, 0.3) is 0 Å². The molecule has 2 aromatic carbocycles. The second-order valence-electron chi connectivity index (χ2n) is 7.67. The largest absolute Gasteiger partial charge is 0.290 e. The molecule has 3 aliphatic rings. The summed E-state index contributed by atoms with van der Waals surface area (Å²) in [6.45, 7) is 4.22. The summed E-state index contributed by atoms with van der Waals surface area (Å²) in [4.78, 5) is 22.6. The smallest absolute Gasteiger partial charge is 0.232 e.